The van der Waals surface area contributed by atoms with Crippen molar-refractivity contribution >= 4 is 11.6 Å². The molecule has 1 unspecified atom stereocenters. The number of benzene rings is 1. The second kappa shape index (κ2) is 3.65. The van der Waals surface area contributed by atoms with Gasteiger partial charge in [0.2, 0.25) is 0 Å². The van der Waals surface area contributed by atoms with Crippen LogP contribution in [-0.4, -0.2) is 17.4 Å². The lowest BCUT2D eigenvalue weighted by Gasteiger charge is -2.36. The predicted octanol–water partition coefficient (Wildman–Crippen LogP) is 2.88. The van der Waals surface area contributed by atoms with Gasteiger partial charge in [-0.2, -0.15) is 0 Å². The zero-order valence-electron chi connectivity index (χ0n) is 8.34. The number of fused-ring (bicyclic) bond motifs is 1. The fraction of sp³-hybridized carbons (Fsp3) is 0.455. The van der Waals surface area contributed by atoms with Crippen molar-refractivity contribution in [2.24, 2.45) is 0 Å². The molecule has 4 heteroatoms. The molecule has 1 heterocycles. The van der Waals surface area contributed by atoms with E-state index in [0.29, 0.717) is 16.3 Å². The van der Waals surface area contributed by atoms with Crippen LogP contribution in [0.5, 0.6) is 5.75 Å². The molecule has 2 atom stereocenters. The van der Waals surface area contributed by atoms with E-state index in [4.69, 9.17) is 16.3 Å². The summed E-state index contributed by atoms with van der Waals surface area (Å²) in [4.78, 5) is 0. The monoisotopic (exact) mass is 230 g/mol. The molecule has 0 saturated heterocycles. The van der Waals surface area contributed by atoms with Gasteiger partial charge >= 0.3 is 0 Å². The Balaban J connectivity index is 2.41. The van der Waals surface area contributed by atoms with Crippen LogP contribution in [0, 0.1) is 0 Å². The predicted molar refractivity (Wildman–Crippen MR) is 56.0 cm³/mol. The molecule has 1 aromatic rings. The summed E-state index contributed by atoms with van der Waals surface area (Å²) in [6.07, 6.45) is -0.426. The van der Waals surface area contributed by atoms with Gasteiger partial charge in [-0.3, -0.25) is 0 Å². The maximum absolute atomic E-state index is 12.8. The molecule has 82 valence electrons. The summed E-state index contributed by atoms with van der Waals surface area (Å²) in [7, 11) is 0. The number of aliphatic hydroxyl groups excluding tert-OH is 1. The molecule has 2 rings (SSSR count). The zero-order valence-corrected chi connectivity index (χ0v) is 9.09. The van der Waals surface area contributed by atoms with Crippen LogP contribution in [0.2, 0.25) is 5.02 Å². The van der Waals surface area contributed by atoms with E-state index in [1.54, 1.807) is 25.1 Å². The molecule has 0 aromatic heterocycles. The number of hydrogen-bond donors (Lipinski definition) is 1. The number of ether oxygens (including phenoxy) is 1. The van der Waals surface area contributed by atoms with Crippen molar-refractivity contribution in [2.75, 3.05) is 6.67 Å². The molecule has 0 radical (unpaired) electrons. The van der Waals surface area contributed by atoms with Crippen molar-refractivity contribution in [1.82, 2.24) is 0 Å². The second-order valence-corrected chi connectivity index (χ2v) is 4.52. The minimum atomic E-state index is -0.947. The highest BCUT2D eigenvalue weighted by Gasteiger charge is 2.36. The van der Waals surface area contributed by atoms with Crippen LogP contribution in [0.15, 0.2) is 18.2 Å². The van der Waals surface area contributed by atoms with Gasteiger partial charge in [-0.1, -0.05) is 17.7 Å². The lowest BCUT2D eigenvalue weighted by molar-refractivity contribution is -0.0167. The SMILES string of the molecule is CC1(CF)C[C@H](O)c2ccc(Cl)cc2O1. The van der Waals surface area contributed by atoms with Gasteiger partial charge in [0.25, 0.3) is 0 Å². The minimum Gasteiger partial charge on any atom is -0.484 e. The third kappa shape index (κ3) is 1.94. The first-order chi connectivity index (χ1) is 7.04. The molecule has 0 saturated carbocycles. The Morgan fingerprint density at radius 1 is 1.67 bits per heavy atom. The Morgan fingerprint density at radius 2 is 2.40 bits per heavy atom. The van der Waals surface area contributed by atoms with Gasteiger partial charge in [0.15, 0.2) is 0 Å². The second-order valence-electron chi connectivity index (χ2n) is 4.09. The molecule has 1 aromatic carbocycles. The highest BCUT2D eigenvalue weighted by molar-refractivity contribution is 6.30. The summed E-state index contributed by atoms with van der Waals surface area (Å²) >= 11 is 5.81. The molecule has 0 spiro atoms. The molecule has 0 bridgehead atoms. The van der Waals surface area contributed by atoms with Gasteiger partial charge < -0.3 is 9.84 Å². The van der Waals surface area contributed by atoms with Crippen LogP contribution in [0.25, 0.3) is 0 Å². The van der Waals surface area contributed by atoms with Gasteiger partial charge in [0.1, 0.15) is 18.0 Å². The topological polar surface area (TPSA) is 29.5 Å². The first kappa shape index (κ1) is 10.7. The summed E-state index contributed by atoms with van der Waals surface area (Å²) in [5, 5.41) is 10.3. The summed E-state index contributed by atoms with van der Waals surface area (Å²) < 4.78 is 18.3. The van der Waals surface area contributed by atoms with Crippen molar-refractivity contribution < 1.29 is 14.2 Å². The van der Waals surface area contributed by atoms with Crippen LogP contribution in [0.4, 0.5) is 4.39 Å². The molecule has 15 heavy (non-hydrogen) atoms. The molecule has 1 aliphatic heterocycles. The van der Waals surface area contributed by atoms with Gasteiger partial charge in [-0.15, -0.1) is 0 Å². The van der Waals surface area contributed by atoms with E-state index in [1.165, 1.54) is 0 Å². The normalized spacial score (nSPS) is 29.5. The van der Waals surface area contributed by atoms with E-state index in [-0.39, 0.29) is 6.42 Å². The molecule has 1 aliphatic rings. The van der Waals surface area contributed by atoms with E-state index in [9.17, 15) is 9.50 Å². The Morgan fingerprint density at radius 3 is 3.07 bits per heavy atom. The van der Waals surface area contributed by atoms with Crippen molar-refractivity contribution in [3.63, 3.8) is 0 Å². The minimum absolute atomic E-state index is 0.262. The Labute approximate surface area is 92.6 Å². The summed E-state index contributed by atoms with van der Waals surface area (Å²) in [5.41, 5.74) is -0.276. The Hall–Kier alpha value is -0.800. The van der Waals surface area contributed by atoms with Crippen molar-refractivity contribution in [2.45, 2.75) is 25.0 Å². The highest BCUT2D eigenvalue weighted by atomic mass is 35.5. The smallest absolute Gasteiger partial charge is 0.137 e. The maximum Gasteiger partial charge on any atom is 0.137 e. The van der Waals surface area contributed by atoms with E-state index in [0.717, 1.165) is 0 Å². The van der Waals surface area contributed by atoms with Crippen LogP contribution in [-0.2, 0) is 0 Å². The van der Waals surface area contributed by atoms with Crippen molar-refractivity contribution in [1.29, 1.82) is 0 Å². The fourth-order valence-corrected chi connectivity index (χ4v) is 1.94. The van der Waals surface area contributed by atoms with Gasteiger partial charge in [0.05, 0.1) is 6.10 Å². The van der Waals surface area contributed by atoms with E-state index in [1.807, 2.05) is 0 Å². The van der Waals surface area contributed by atoms with Gasteiger partial charge in [-0.25, -0.2) is 4.39 Å². The lowest BCUT2D eigenvalue weighted by Crippen LogP contribution is -2.40. The van der Waals surface area contributed by atoms with Crippen LogP contribution < -0.4 is 4.74 Å². The van der Waals surface area contributed by atoms with Gasteiger partial charge in [-0.05, 0) is 19.1 Å². The molecular weight excluding hydrogens is 219 g/mol. The number of alkyl halides is 1. The highest BCUT2D eigenvalue weighted by Crippen LogP contribution is 2.40. The van der Waals surface area contributed by atoms with Crippen LogP contribution >= 0.6 is 11.6 Å². The van der Waals surface area contributed by atoms with E-state index < -0.39 is 18.4 Å². The molecule has 0 aliphatic carbocycles. The number of aliphatic hydroxyl groups is 1. The van der Waals surface area contributed by atoms with E-state index >= 15 is 0 Å². The maximum atomic E-state index is 12.8. The molecule has 2 nitrogen and oxygen atoms in total. The molecule has 0 fully saturated rings. The number of halogens is 2. The van der Waals surface area contributed by atoms with Crippen LogP contribution in [0.1, 0.15) is 25.0 Å². The quantitative estimate of drug-likeness (QED) is 0.804. The summed E-state index contributed by atoms with van der Waals surface area (Å²) in [5.74, 6) is 0.474. The molecule has 1 N–H and O–H groups in total. The number of hydrogen-bond acceptors (Lipinski definition) is 2. The largest absolute Gasteiger partial charge is 0.484 e. The first-order valence-electron chi connectivity index (χ1n) is 4.76. The first-order valence-corrected chi connectivity index (χ1v) is 5.14. The Kier molecular flexibility index (Phi) is 2.61. The van der Waals surface area contributed by atoms with E-state index in [2.05, 4.69) is 0 Å². The molecular formula is C11H12ClFO2. The third-order valence-corrected chi connectivity index (χ3v) is 2.83. The lowest BCUT2D eigenvalue weighted by atomic mass is 9.91. The zero-order chi connectivity index (χ0) is 11.1. The summed E-state index contributed by atoms with van der Waals surface area (Å²) in [6, 6.07) is 5.00. The molecule has 0 amide bonds. The van der Waals surface area contributed by atoms with Gasteiger partial charge in [0, 0.05) is 17.0 Å². The number of rotatable bonds is 1. The average molecular weight is 231 g/mol. The Bertz CT molecular complexity index is 383. The fourth-order valence-electron chi connectivity index (χ4n) is 1.78. The van der Waals surface area contributed by atoms with Crippen molar-refractivity contribution in [3.05, 3.63) is 28.8 Å². The standard InChI is InChI=1S/C11H12ClFO2/c1-11(6-13)5-9(14)8-3-2-7(12)4-10(8)15-11/h2-4,9,14H,5-6H2,1H3/t9-,11?/m0/s1. The van der Waals surface area contributed by atoms with Crippen molar-refractivity contribution in [3.8, 4) is 5.75 Å². The third-order valence-electron chi connectivity index (χ3n) is 2.60. The van der Waals surface area contributed by atoms with Crippen LogP contribution in [0.3, 0.4) is 0 Å². The summed E-state index contributed by atoms with van der Waals surface area (Å²) in [6.45, 7) is 1.01. The average Bonchev–Trinajstić information content (AvgIpc) is 2.16.